The molecular weight excluding hydrogens is 335 g/mol. The van der Waals surface area contributed by atoms with Crippen molar-refractivity contribution in [3.8, 4) is 0 Å². The van der Waals surface area contributed by atoms with Gasteiger partial charge in [0.1, 0.15) is 5.60 Å². The van der Waals surface area contributed by atoms with E-state index in [0.717, 1.165) is 29.7 Å². The van der Waals surface area contributed by atoms with Gasteiger partial charge in [-0.2, -0.15) is 0 Å². The minimum absolute atomic E-state index is 0. The highest BCUT2D eigenvalue weighted by atomic mass is 35.5. The van der Waals surface area contributed by atoms with Crippen molar-refractivity contribution in [1.82, 2.24) is 20.2 Å². The summed E-state index contributed by atoms with van der Waals surface area (Å²) >= 11 is 1.80. The Labute approximate surface area is 141 Å². The maximum atomic E-state index is 10.4. The van der Waals surface area contributed by atoms with Crippen molar-refractivity contribution in [3.63, 3.8) is 0 Å². The van der Waals surface area contributed by atoms with Crippen molar-refractivity contribution < 1.29 is 9.84 Å². The van der Waals surface area contributed by atoms with Crippen LogP contribution in [0.25, 0.3) is 0 Å². The first-order valence-corrected chi connectivity index (χ1v) is 7.64. The average molecular weight is 357 g/mol. The van der Waals surface area contributed by atoms with E-state index in [9.17, 15) is 5.11 Å². The smallest absolute Gasteiger partial charge is 0.168 e. The van der Waals surface area contributed by atoms with Crippen LogP contribution < -0.4 is 10.6 Å². The Balaban J connectivity index is 0.00000110. The molecule has 3 heterocycles. The van der Waals surface area contributed by atoms with E-state index in [4.69, 9.17) is 4.74 Å². The molecule has 1 atom stereocenters. The number of hydrogen-bond donors (Lipinski definition) is 3. The Kier molecular flexibility index (Phi) is 7.77. The fraction of sp³-hybridized carbons (Fsp3) is 0.750. The largest absolute Gasteiger partial charge is 0.385 e. The van der Waals surface area contributed by atoms with Crippen molar-refractivity contribution in [2.45, 2.75) is 23.8 Å². The summed E-state index contributed by atoms with van der Waals surface area (Å²) < 4.78 is 7.57. The number of nitrogens with one attached hydrogen (secondary N) is 2. The van der Waals surface area contributed by atoms with Crippen LogP contribution in [-0.2, 0) is 17.8 Å². The second kappa shape index (κ2) is 8.57. The first-order valence-electron chi connectivity index (χ1n) is 6.66. The molecular formula is C12H22Cl2N4O2S. The van der Waals surface area contributed by atoms with Crippen LogP contribution in [0, 0.1) is 0 Å². The summed E-state index contributed by atoms with van der Waals surface area (Å²) in [6, 6.07) is 0. The van der Waals surface area contributed by atoms with E-state index in [1.54, 1.807) is 11.8 Å². The van der Waals surface area contributed by atoms with E-state index < -0.39 is 5.60 Å². The zero-order valence-corrected chi connectivity index (χ0v) is 14.2. The zero-order valence-electron chi connectivity index (χ0n) is 11.7. The van der Waals surface area contributed by atoms with Gasteiger partial charge in [0.2, 0.25) is 0 Å². The third-order valence-electron chi connectivity index (χ3n) is 3.36. The van der Waals surface area contributed by atoms with Crippen molar-refractivity contribution in [2.75, 3.05) is 38.6 Å². The van der Waals surface area contributed by atoms with E-state index in [0.29, 0.717) is 32.8 Å². The lowest BCUT2D eigenvalue weighted by Gasteiger charge is -2.25. The zero-order chi connectivity index (χ0) is 13.1. The number of aromatic nitrogens is 2. The predicted octanol–water partition coefficient (Wildman–Crippen LogP) is 0.273. The van der Waals surface area contributed by atoms with Gasteiger partial charge in [0, 0.05) is 44.7 Å². The van der Waals surface area contributed by atoms with Crippen LogP contribution in [0.1, 0.15) is 5.69 Å². The first-order chi connectivity index (χ1) is 9.25. The summed E-state index contributed by atoms with van der Waals surface area (Å²) in [6.45, 7) is 4.64. The van der Waals surface area contributed by atoms with Crippen LogP contribution in [0.15, 0.2) is 11.4 Å². The molecule has 2 aliphatic heterocycles. The number of fused-ring (bicyclic) bond motifs is 1. The molecule has 0 bridgehead atoms. The molecule has 6 nitrogen and oxygen atoms in total. The van der Waals surface area contributed by atoms with Gasteiger partial charge in [-0.25, -0.2) is 4.98 Å². The Hall–Kier alpha value is -0.0200. The molecule has 2 aliphatic rings. The predicted molar refractivity (Wildman–Crippen MR) is 87.8 cm³/mol. The number of aliphatic hydroxyl groups is 1. The Bertz CT molecular complexity index is 417. The minimum atomic E-state index is -0.826. The number of β-amino-alcohol motifs (C(OH)–C–C–N with tert-alkyl or cyclic N) is 1. The third-order valence-corrected chi connectivity index (χ3v) is 4.33. The number of rotatable bonds is 4. The van der Waals surface area contributed by atoms with Crippen LogP contribution in [0.2, 0.25) is 0 Å². The molecule has 9 heteroatoms. The van der Waals surface area contributed by atoms with E-state index >= 15 is 0 Å². The maximum Gasteiger partial charge on any atom is 0.168 e. The molecule has 0 amide bonds. The van der Waals surface area contributed by atoms with Crippen molar-refractivity contribution >= 4 is 36.6 Å². The molecule has 0 saturated carbocycles. The number of ether oxygens (including phenoxy) is 1. The average Bonchev–Trinajstić information content (AvgIpc) is 2.88. The Morgan fingerprint density at radius 1 is 1.52 bits per heavy atom. The van der Waals surface area contributed by atoms with E-state index in [2.05, 4.69) is 26.4 Å². The van der Waals surface area contributed by atoms with Crippen molar-refractivity contribution in [2.24, 2.45) is 0 Å². The second-order valence-corrected chi connectivity index (χ2v) is 6.18. The van der Waals surface area contributed by atoms with Gasteiger partial charge in [-0.1, -0.05) is 11.8 Å². The molecule has 1 saturated heterocycles. The Morgan fingerprint density at radius 3 is 3.19 bits per heavy atom. The lowest BCUT2D eigenvalue weighted by molar-refractivity contribution is -0.0264. The number of thioether (sulfide) groups is 1. The van der Waals surface area contributed by atoms with Gasteiger partial charge in [-0.15, -0.1) is 24.8 Å². The molecule has 0 aromatic carbocycles. The highest BCUT2D eigenvalue weighted by Crippen LogP contribution is 2.24. The summed E-state index contributed by atoms with van der Waals surface area (Å²) in [5.41, 5.74) is 0.210. The summed E-state index contributed by atoms with van der Waals surface area (Å²) in [4.78, 5) is 4.55. The fourth-order valence-electron chi connectivity index (χ4n) is 2.36. The number of aryl methyl sites for hydroxylation is 1. The summed E-state index contributed by atoms with van der Waals surface area (Å²) in [7, 11) is 0. The molecule has 1 unspecified atom stereocenters. The topological polar surface area (TPSA) is 71.3 Å². The van der Waals surface area contributed by atoms with E-state index in [1.165, 1.54) is 0 Å². The van der Waals surface area contributed by atoms with Crippen LogP contribution in [0.4, 0.5) is 0 Å². The van der Waals surface area contributed by atoms with Crippen LogP contribution >= 0.6 is 36.6 Å². The van der Waals surface area contributed by atoms with Gasteiger partial charge in [0.05, 0.1) is 18.9 Å². The number of imidazole rings is 1. The molecule has 3 N–H and O–H groups in total. The van der Waals surface area contributed by atoms with Crippen LogP contribution in [0.3, 0.4) is 0 Å². The van der Waals surface area contributed by atoms with Gasteiger partial charge in [-0.3, -0.25) is 0 Å². The fourth-order valence-corrected chi connectivity index (χ4v) is 3.32. The van der Waals surface area contributed by atoms with Crippen LogP contribution in [-0.4, -0.2) is 58.9 Å². The normalized spacial score (nSPS) is 24.6. The Morgan fingerprint density at radius 2 is 2.38 bits per heavy atom. The van der Waals surface area contributed by atoms with Gasteiger partial charge in [0.25, 0.3) is 0 Å². The monoisotopic (exact) mass is 356 g/mol. The van der Waals surface area contributed by atoms with Crippen molar-refractivity contribution in [3.05, 3.63) is 11.9 Å². The third kappa shape index (κ3) is 4.99. The molecule has 0 spiro atoms. The number of nitrogens with zero attached hydrogens (tertiary/aromatic N) is 2. The molecule has 1 fully saturated rings. The van der Waals surface area contributed by atoms with Crippen LogP contribution in [0.5, 0.6) is 0 Å². The van der Waals surface area contributed by atoms with Gasteiger partial charge in [-0.05, 0) is 0 Å². The summed E-state index contributed by atoms with van der Waals surface area (Å²) in [6.07, 6.45) is 2.09. The standard InChI is InChI=1S/C12H20N4O2S.2ClH/c17-12(7-13-1-3-18-9-12)8-14-5-10-6-16-2-4-19-11(16)15-10;;/h6,13-14,17H,1-5,7-9H2;2*1H. The maximum absolute atomic E-state index is 10.4. The highest BCUT2D eigenvalue weighted by molar-refractivity contribution is 7.99. The number of halogens is 2. The molecule has 21 heavy (non-hydrogen) atoms. The van der Waals surface area contributed by atoms with Gasteiger partial charge < -0.3 is 25.0 Å². The number of hydrogen-bond acceptors (Lipinski definition) is 6. The first kappa shape index (κ1) is 19.0. The molecule has 0 aliphatic carbocycles. The van der Waals surface area contributed by atoms with Gasteiger partial charge in [0.15, 0.2) is 5.16 Å². The summed E-state index contributed by atoms with van der Waals surface area (Å²) in [5.74, 6) is 1.12. The summed E-state index contributed by atoms with van der Waals surface area (Å²) in [5, 5.41) is 17.9. The molecule has 1 aromatic heterocycles. The molecule has 3 rings (SSSR count). The van der Waals surface area contributed by atoms with Gasteiger partial charge >= 0.3 is 0 Å². The SMILES string of the molecule is Cl.Cl.OC1(CNCc2cn3c(n2)SCC3)CNCCOC1. The lowest BCUT2D eigenvalue weighted by atomic mass is 10.1. The highest BCUT2D eigenvalue weighted by Gasteiger charge is 2.28. The molecule has 122 valence electrons. The molecule has 0 radical (unpaired) electrons. The quantitative estimate of drug-likeness (QED) is 0.719. The van der Waals surface area contributed by atoms with E-state index in [-0.39, 0.29) is 24.8 Å². The second-order valence-electron chi connectivity index (χ2n) is 5.11. The minimum Gasteiger partial charge on any atom is -0.385 e. The lowest BCUT2D eigenvalue weighted by Crippen LogP contribution is -2.50. The van der Waals surface area contributed by atoms with E-state index in [1.807, 2.05) is 0 Å². The van der Waals surface area contributed by atoms with Crippen molar-refractivity contribution in [1.29, 1.82) is 0 Å². The molecule has 1 aromatic rings.